The first kappa shape index (κ1) is 15.0. The third kappa shape index (κ3) is 4.25. The van der Waals surface area contributed by atoms with Crippen LogP contribution in [0.4, 0.5) is 5.69 Å². The molecule has 0 aliphatic heterocycles. The number of carbonyl (C=O) groups excluding carboxylic acids is 2. The predicted octanol–water partition coefficient (Wildman–Crippen LogP) is 0.204. The van der Waals surface area contributed by atoms with Crippen molar-refractivity contribution in [3.05, 3.63) is 29.3 Å². The highest BCUT2D eigenvalue weighted by Crippen LogP contribution is 2.17. The zero-order valence-corrected chi connectivity index (χ0v) is 11.5. The van der Waals surface area contributed by atoms with Crippen molar-refractivity contribution in [1.82, 2.24) is 5.32 Å². The maximum Gasteiger partial charge on any atom is 0.337 e. The number of amides is 1. The van der Waals surface area contributed by atoms with Gasteiger partial charge in [-0.2, -0.15) is 0 Å². The van der Waals surface area contributed by atoms with Gasteiger partial charge in [-0.15, -0.1) is 0 Å². The lowest BCUT2D eigenvalue weighted by Crippen LogP contribution is -2.19. The maximum atomic E-state index is 11.6. The number of nitrogens with one attached hydrogen (secondary N) is 2. The molecule has 2 N–H and O–H groups in total. The number of anilines is 1. The molecule has 0 spiro atoms. The Hall–Kier alpha value is -2.09. The lowest BCUT2D eigenvalue weighted by Gasteiger charge is -2.09. The van der Waals surface area contributed by atoms with E-state index < -0.39 is 21.9 Å². The Balaban J connectivity index is 3.31. The number of rotatable bonds is 4. The van der Waals surface area contributed by atoms with Gasteiger partial charge in [0.05, 0.1) is 24.6 Å². The summed E-state index contributed by atoms with van der Waals surface area (Å²) in [6, 6.07) is 3.93. The van der Waals surface area contributed by atoms with Crippen LogP contribution in [0.3, 0.4) is 0 Å². The number of sulfonamides is 1. The highest BCUT2D eigenvalue weighted by molar-refractivity contribution is 7.92. The van der Waals surface area contributed by atoms with Gasteiger partial charge in [0.2, 0.25) is 10.0 Å². The molecular weight excluding hydrogens is 272 g/mol. The van der Waals surface area contributed by atoms with E-state index in [2.05, 4.69) is 14.8 Å². The molecule has 0 aromatic heterocycles. The quantitative estimate of drug-likeness (QED) is 0.770. The maximum absolute atomic E-state index is 11.6. The SMILES string of the molecule is CNC(=O)c1cc(NS(C)(=O)=O)cc(C(=O)OC)c1. The normalized spacial score (nSPS) is 10.7. The van der Waals surface area contributed by atoms with E-state index in [1.54, 1.807) is 0 Å². The second-order valence-electron chi connectivity index (χ2n) is 3.74. The lowest BCUT2D eigenvalue weighted by molar-refractivity contribution is 0.0600. The van der Waals surface area contributed by atoms with Crippen molar-refractivity contribution in [1.29, 1.82) is 0 Å². The van der Waals surface area contributed by atoms with Crippen molar-refractivity contribution in [2.24, 2.45) is 0 Å². The van der Waals surface area contributed by atoms with Crippen molar-refractivity contribution >= 4 is 27.6 Å². The largest absolute Gasteiger partial charge is 0.465 e. The number of carbonyl (C=O) groups is 2. The van der Waals surface area contributed by atoms with Crippen molar-refractivity contribution in [2.75, 3.05) is 25.1 Å². The highest BCUT2D eigenvalue weighted by atomic mass is 32.2. The van der Waals surface area contributed by atoms with E-state index >= 15 is 0 Å². The van der Waals surface area contributed by atoms with Crippen LogP contribution in [0.5, 0.6) is 0 Å². The van der Waals surface area contributed by atoms with Crippen LogP contribution in [0.2, 0.25) is 0 Å². The third-order valence-corrected chi connectivity index (χ3v) is 2.75. The van der Waals surface area contributed by atoms with Gasteiger partial charge in [0, 0.05) is 12.6 Å². The average Bonchev–Trinajstić information content (AvgIpc) is 2.34. The van der Waals surface area contributed by atoms with Gasteiger partial charge in [0.15, 0.2) is 0 Å². The molecule has 0 aliphatic carbocycles. The van der Waals surface area contributed by atoms with Crippen molar-refractivity contribution < 1.29 is 22.7 Å². The van der Waals surface area contributed by atoms with Gasteiger partial charge in [0.1, 0.15) is 0 Å². The van der Waals surface area contributed by atoms with E-state index in [0.717, 1.165) is 6.26 Å². The fraction of sp³-hybridized carbons (Fsp3) is 0.273. The van der Waals surface area contributed by atoms with Gasteiger partial charge >= 0.3 is 5.97 Å². The first-order valence-electron chi connectivity index (χ1n) is 5.20. The fourth-order valence-corrected chi connectivity index (χ4v) is 1.96. The minimum atomic E-state index is -3.51. The van der Waals surface area contributed by atoms with Crippen LogP contribution < -0.4 is 10.0 Å². The zero-order chi connectivity index (χ0) is 14.6. The van der Waals surface area contributed by atoms with E-state index in [9.17, 15) is 18.0 Å². The number of esters is 1. The average molecular weight is 286 g/mol. The second kappa shape index (κ2) is 5.70. The number of hydrogen-bond acceptors (Lipinski definition) is 5. The summed E-state index contributed by atoms with van der Waals surface area (Å²) >= 11 is 0. The lowest BCUT2D eigenvalue weighted by atomic mass is 10.1. The van der Waals surface area contributed by atoms with Gasteiger partial charge in [0.25, 0.3) is 5.91 Å². The molecule has 0 unspecified atom stereocenters. The van der Waals surface area contributed by atoms with Crippen LogP contribution in [0.25, 0.3) is 0 Å². The van der Waals surface area contributed by atoms with Gasteiger partial charge < -0.3 is 10.1 Å². The summed E-state index contributed by atoms with van der Waals surface area (Å²) in [5.41, 5.74) is 0.343. The second-order valence-corrected chi connectivity index (χ2v) is 5.49. The standard InChI is InChI=1S/C11H14N2O5S/c1-12-10(14)7-4-8(11(15)18-2)6-9(5-7)13-19(3,16)17/h4-6,13H,1-3H3,(H,12,14). The summed E-state index contributed by atoms with van der Waals surface area (Å²) in [5, 5.41) is 2.39. The predicted molar refractivity (Wildman–Crippen MR) is 69.6 cm³/mol. The summed E-state index contributed by atoms with van der Waals surface area (Å²) in [7, 11) is -0.889. The first-order chi connectivity index (χ1) is 8.76. The zero-order valence-electron chi connectivity index (χ0n) is 10.7. The molecule has 0 atom stereocenters. The number of methoxy groups -OCH3 is 1. The van der Waals surface area contributed by atoms with E-state index in [0.29, 0.717) is 0 Å². The summed E-state index contributed by atoms with van der Waals surface area (Å²) in [4.78, 5) is 23.0. The molecule has 0 heterocycles. The van der Waals surface area contributed by atoms with Crippen LogP contribution in [0, 0.1) is 0 Å². The number of ether oxygens (including phenoxy) is 1. The Morgan fingerprint density at radius 3 is 2.21 bits per heavy atom. The Bertz CT molecular complexity index is 575. The third-order valence-electron chi connectivity index (χ3n) is 2.15. The number of hydrogen-bond donors (Lipinski definition) is 2. The highest BCUT2D eigenvalue weighted by Gasteiger charge is 2.14. The molecule has 0 fully saturated rings. The van der Waals surface area contributed by atoms with E-state index in [1.807, 2.05) is 0 Å². The first-order valence-corrected chi connectivity index (χ1v) is 7.09. The summed E-state index contributed by atoms with van der Waals surface area (Å²) in [6.45, 7) is 0. The van der Waals surface area contributed by atoms with Crippen LogP contribution in [0.15, 0.2) is 18.2 Å². The van der Waals surface area contributed by atoms with Crippen LogP contribution in [-0.4, -0.2) is 40.7 Å². The minimum Gasteiger partial charge on any atom is -0.465 e. The van der Waals surface area contributed by atoms with Crippen LogP contribution in [0.1, 0.15) is 20.7 Å². The van der Waals surface area contributed by atoms with Crippen molar-refractivity contribution in [3.8, 4) is 0 Å². The molecule has 1 rings (SSSR count). The minimum absolute atomic E-state index is 0.0785. The molecule has 8 heteroatoms. The van der Waals surface area contributed by atoms with Crippen molar-refractivity contribution in [2.45, 2.75) is 0 Å². The molecular formula is C11H14N2O5S. The van der Waals surface area contributed by atoms with E-state index in [-0.39, 0.29) is 16.8 Å². The van der Waals surface area contributed by atoms with Gasteiger partial charge in [-0.05, 0) is 18.2 Å². The molecule has 0 bridgehead atoms. The van der Waals surface area contributed by atoms with Crippen LogP contribution in [-0.2, 0) is 14.8 Å². The Labute approximate surface area is 111 Å². The van der Waals surface area contributed by atoms with Crippen LogP contribution >= 0.6 is 0 Å². The van der Waals surface area contributed by atoms with E-state index in [1.165, 1.54) is 32.4 Å². The molecule has 0 saturated carbocycles. The summed E-state index contributed by atoms with van der Waals surface area (Å²) in [6.07, 6.45) is 0.970. The van der Waals surface area contributed by atoms with Crippen molar-refractivity contribution in [3.63, 3.8) is 0 Å². The smallest absolute Gasteiger partial charge is 0.337 e. The Kier molecular flexibility index (Phi) is 4.49. The summed E-state index contributed by atoms with van der Waals surface area (Å²) < 4.78 is 29.1. The summed E-state index contributed by atoms with van der Waals surface area (Å²) in [5.74, 6) is -1.11. The molecule has 0 saturated heterocycles. The van der Waals surface area contributed by atoms with Gasteiger partial charge in [-0.3, -0.25) is 9.52 Å². The molecule has 1 aromatic rings. The number of benzene rings is 1. The molecule has 7 nitrogen and oxygen atoms in total. The Morgan fingerprint density at radius 1 is 1.16 bits per heavy atom. The van der Waals surface area contributed by atoms with Gasteiger partial charge in [-0.25, -0.2) is 13.2 Å². The molecule has 1 aromatic carbocycles. The molecule has 104 valence electrons. The molecule has 0 radical (unpaired) electrons. The molecule has 19 heavy (non-hydrogen) atoms. The topological polar surface area (TPSA) is 102 Å². The molecule has 0 aliphatic rings. The Morgan fingerprint density at radius 2 is 1.74 bits per heavy atom. The fourth-order valence-electron chi connectivity index (χ4n) is 1.41. The van der Waals surface area contributed by atoms with Gasteiger partial charge in [-0.1, -0.05) is 0 Å². The molecule has 1 amide bonds. The monoisotopic (exact) mass is 286 g/mol. The van der Waals surface area contributed by atoms with E-state index in [4.69, 9.17) is 0 Å².